The van der Waals surface area contributed by atoms with Crippen molar-refractivity contribution in [1.82, 2.24) is 15.3 Å². The molecule has 0 spiro atoms. The fraction of sp³-hybridized carbons (Fsp3) is 0.150. The second-order valence-electron chi connectivity index (χ2n) is 5.88. The molecule has 2 aromatic carbocycles. The van der Waals surface area contributed by atoms with Gasteiger partial charge in [-0.2, -0.15) is 0 Å². The number of aromatic nitrogens is 2. The molecule has 0 bridgehead atoms. The van der Waals surface area contributed by atoms with Gasteiger partial charge in [-0.1, -0.05) is 30.3 Å². The number of anilines is 2. The average molecular weight is 350 g/mol. The average Bonchev–Trinajstić information content (AvgIpc) is 2.63. The maximum Gasteiger partial charge on any atom is 0.270 e. The van der Waals surface area contributed by atoms with Crippen LogP contribution in [0.4, 0.5) is 15.9 Å². The van der Waals surface area contributed by atoms with Gasteiger partial charge in [-0.25, -0.2) is 14.4 Å². The first kappa shape index (κ1) is 17.5. The van der Waals surface area contributed by atoms with Crippen molar-refractivity contribution in [3.05, 3.63) is 83.6 Å². The lowest BCUT2D eigenvalue weighted by molar-refractivity contribution is 0.0949. The topological polar surface area (TPSA) is 66.9 Å². The summed E-state index contributed by atoms with van der Waals surface area (Å²) in [6.45, 7) is 2.32. The van der Waals surface area contributed by atoms with Crippen molar-refractivity contribution in [2.24, 2.45) is 0 Å². The summed E-state index contributed by atoms with van der Waals surface area (Å²) in [4.78, 5) is 20.4. The molecule has 0 saturated carbocycles. The highest BCUT2D eigenvalue weighted by molar-refractivity contribution is 5.92. The second kappa shape index (κ2) is 8.20. The number of amides is 1. The Bertz CT molecular complexity index is 914. The van der Waals surface area contributed by atoms with Crippen molar-refractivity contribution in [3.63, 3.8) is 0 Å². The summed E-state index contributed by atoms with van der Waals surface area (Å²) in [5, 5.41) is 5.90. The summed E-state index contributed by atoms with van der Waals surface area (Å²) in [6.07, 6.45) is 1.75. The summed E-state index contributed by atoms with van der Waals surface area (Å²) in [7, 11) is 0. The van der Waals surface area contributed by atoms with Gasteiger partial charge in [0.1, 0.15) is 23.7 Å². The van der Waals surface area contributed by atoms with Gasteiger partial charge in [0.15, 0.2) is 0 Å². The lowest BCUT2D eigenvalue weighted by atomic mass is 10.1. The van der Waals surface area contributed by atoms with E-state index in [1.807, 2.05) is 31.2 Å². The molecule has 26 heavy (non-hydrogen) atoms. The van der Waals surface area contributed by atoms with Gasteiger partial charge in [0.25, 0.3) is 5.91 Å². The Kier molecular flexibility index (Phi) is 5.53. The molecular weight excluding hydrogens is 331 g/mol. The predicted molar refractivity (Wildman–Crippen MR) is 98.9 cm³/mol. The molecule has 5 nitrogen and oxygen atoms in total. The van der Waals surface area contributed by atoms with Crippen LogP contribution in [0.3, 0.4) is 0 Å². The molecule has 1 aromatic heterocycles. The molecule has 6 heteroatoms. The minimum atomic E-state index is -0.323. The van der Waals surface area contributed by atoms with E-state index in [9.17, 15) is 9.18 Å². The number of carbonyl (C=O) groups excluding carboxylic acids is 1. The Hall–Kier alpha value is -3.28. The number of hydrogen-bond donors (Lipinski definition) is 2. The Morgan fingerprint density at radius 2 is 1.92 bits per heavy atom. The Morgan fingerprint density at radius 1 is 1.08 bits per heavy atom. The molecule has 3 aromatic rings. The van der Waals surface area contributed by atoms with E-state index in [-0.39, 0.29) is 17.4 Å². The third-order valence-corrected chi connectivity index (χ3v) is 3.83. The third-order valence-electron chi connectivity index (χ3n) is 3.83. The van der Waals surface area contributed by atoms with Gasteiger partial charge in [0, 0.05) is 18.3 Å². The molecule has 1 amide bonds. The molecule has 0 unspecified atom stereocenters. The van der Waals surface area contributed by atoms with Crippen LogP contribution in [0.25, 0.3) is 0 Å². The van der Waals surface area contributed by atoms with Gasteiger partial charge in [-0.15, -0.1) is 0 Å². The zero-order valence-corrected chi connectivity index (χ0v) is 14.4. The fourth-order valence-electron chi connectivity index (χ4n) is 2.52. The molecule has 0 aliphatic rings. The highest BCUT2D eigenvalue weighted by Gasteiger charge is 2.09. The van der Waals surface area contributed by atoms with Crippen LogP contribution in [0.2, 0.25) is 0 Å². The standard InChI is InChI=1S/C20H19FN4O/c1-14-5-4-7-16(11-14)25-19-12-18(23-13-24-19)20(26)22-10-9-15-6-2-3-8-17(15)21/h2-8,11-13H,9-10H2,1H3,(H,22,26)(H,23,24,25). The predicted octanol–water partition coefficient (Wildman–Crippen LogP) is 3.64. The number of nitrogens with zero attached hydrogens (tertiary/aromatic N) is 2. The molecule has 1 heterocycles. The van der Waals surface area contributed by atoms with Crippen LogP contribution in [0.15, 0.2) is 60.9 Å². The van der Waals surface area contributed by atoms with Crippen molar-refractivity contribution in [2.45, 2.75) is 13.3 Å². The zero-order chi connectivity index (χ0) is 18.4. The maximum atomic E-state index is 13.6. The minimum Gasteiger partial charge on any atom is -0.350 e. The van der Waals surface area contributed by atoms with Gasteiger partial charge in [-0.3, -0.25) is 4.79 Å². The van der Waals surface area contributed by atoms with Gasteiger partial charge < -0.3 is 10.6 Å². The van der Waals surface area contributed by atoms with E-state index in [0.717, 1.165) is 11.3 Å². The molecule has 0 saturated heterocycles. The van der Waals surface area contributed by atoms with E-state index in [2.05, 4.69) is 20.6 Å². The van der Waals surface area contributed by atoms with E-state index in [4.69, 9.17) is 0 Å². The Balaban J connectivity index is 1.60. The number of nitrogens with one attached hydrogen (secondary N) is 2. The third kappa shape index (κ3) is 4.63. The summed E-state index contributed by atoms with van der Waals surface area (Å²) in [6, 6.07) is 15.9. The summed E-state index contributed by atoms with van der Waals surface area (Å²) < 4.78 is 13.6. The second-order valence-corrected chi connectivity index (χ2v) is 5.88. The smallest absolute Gasteiger partial charge is 0.270 e. The van der Waals surface area contributed by atoms with Crippen LogP contribution < -0.4 is 10.6 Å². The first-order valence-electron chi connectivity index (χ1n) is 8.29. The lowest BCUT2D eigenvalue weighted by Gasteiger charge is -2.08. The Morgan fingerprint density at radius 3 is 2.73 bits per heavy atom. The van der Waals surface area contributed by atoms with E-state index in [1.54, 1.807) is 24.3 Å². The molecule has 132 valence electrons. The minimum absolute atomic E-state index is 0.253. The van der Waals surface area contributed by atoms with Gasteiger partial charge in [0.2, 0.25) is 0 Å². The number of benzene rings is 2. The number of halogens is 1. The van der Waals surface area contributed by atoms with E-state index < -0.39 is 0 Å². The van der Waals surface area contributed by atoms with Crippen LogP contribution >= 0.6 is 0 Å². The molecule has 3 rings (SSSR count). The zero-order valence-electron chi connectivity index (χ0n) is 14.4. The summed E-state index contributed by atoms with van der Waals surface area (Å²) in [5.74, 6) is -0.0608. The van der Waals surface area contributed by atoms with Gasteiger partial charge in [0.05, 0.1) is 0 Å². The van der Waals surface area contributed by atoms with Crippen molar-refractivity contribution in [2.75, 3.05) is 11.9 Å². The number of aryl methyl sites for hydroxylation is 1. The largest absolute Gasteiger partial charge is 0.350 e. The molecule has 0 fully saturated rings. The highest BCUT2D eigenvalue weighted by Crippen LogP contribution is 2.15. The first-order chi connectivity index (χ1) is 12.6. The summed E-state index contributed by atoms with van der Waals surface area (Å²) in [5.41, 5.74) is 2.82. The SMILES string of the molecule is Cc1cccc(Nc2cc(C(=O)NCCc3ccccc3F)ncn2)c1. The molecule has 2 N–H and O–H groups in total. The summed E-state index contributed by atoms with van der Waals surface area (Å²) >= 11 is 0. The quantitative estimate of drug-likeness (QED) is 0.712. The van der Waals surface area contributed by atoms with Crippen LogP contribution in [0.5, 0.6) is 0 Å². The number of carbonyl (C=O) groups is 1. The Labute approximate surface area is 151 Å². The normalized spacial score (nSPS) is 10.4. The van der Waals surface area contributed by atoms with Crippen molar-refractivity contribution < 1.29 is 9.18 Å². The van der Waals surface area contributed by atoms with Crippen LogP contribution in [0, 0.1) is 12.7 Å². The van der Waals surface area contributed by atoms with Crippen LogP contribution in [-0.4, -0.2) is 22.4 Å². The van der Waals surface area contributed by atoms with E-state index >= 15 is 0 Å². The molecule has 0 aliphatic carbocycles. The molecule has 0 aliphatic heterocycles. The molecule has 0 atom stereocenters. The van der Waals surface area contributed by atoms with Crippen LogP contribution in [0.1, 0.15) is 21.6 Å². The van der Waals surface area contributed by atoms with Gasteiger partial charge >= 0.3 is 0 Å². The number of rotatable bonds is 6. The van der Waals surface area contributed by atoms with Crippen LogP contribution in [-0.2, 0) is 6.42 Å². The van der Waals surface area contributed by atoms with Gasteiger partial charge in [-0.05, 0) is 42.7 Å². The fourth-order valence-corrected chi connectivity index (χ4v) is 2.52. The number of hydrogen-bond acceptors (Lipinski definition) is 4. The monoisotopic (exact) mass is 350 g/mol. The highest BCUT2D eigenvalue weighted by atomic mass is 19.1. The first-order valence-corrected chi connectivity index (χ1v) is 8.29. The lowest BCUT2D eigenvalue weighted by Crippen LogP contribution is -2.26. The van der Waals surface area contributed by atoms with E-state index in [1.165, 1.54) is 12.4 Å². The van der Waals surface area contributed by atoms with Crippen molar-refractivity contribution >= 4 is 17.4 Å². The van der Waals surface area contributed by atoms with Crippen molar-refractivity contribution in [3.8, 4) is 0 Å². The maximum absolute atomic E-state index is 13.6. The molecular formula is C20H19FN4O. The molecule has 0 radical (unpaired) electrons. The van der Waals surface area contributed by atoms with E-state index in [0.29, 0.717) is 24.3 Å². The van der Waals surface area contributed by atoms with Crippen molar-refractivity contribution in [1.29, 1.82) is 0 Å².